The van der Waals surface area contributed by atoms with Gasteiger partial charge in [-0.15, -0.1) is 0 Å². The van der Waals surface area contributed by atoms with Crippen LogP contribution in [-0.4, -0.2) is 22.0 Å². The molecule has 2 aromatic rings. The summed E-state index contributed by atoms with van der Waals surface area (Å²) in [5.74, 6) is -1.68. The molecule has 0 fully saturated rings. The minimum absolute atomic E-state index is 0.0967. The van der Waals surface area contributed by atoms with Gasteiger partial charge < -0.3 is 10.2 Å². The number of hydrogen-bond acceptors (Lipinski definition) is 4. The summed E-state index contributed by atoms with van der Waals surface area (Å²) < 4.78 is 0. The molecule has 0 saturated heterocycles. The van der Waals surface area contributed by atoms with Crippen LogP contribution < -0.4 is 0 Å². The molecule has 1 unspecified atom stereocenters. The summed E-state index contributed by atoms with van der Waals surface area (Å²) in [7, 11) is 0. The summed E-state index contributed by atoms with van der Waals surface area (Å²) in [5.41, 5.74) is 1.13. The van der Waals surface area contributed by atoms with Gasteiger partial charge in [0.25, 0.3) is 0 Å². The van der Waals surface area contributed by atoms with Crippen molar-refractivity contribution in [1.29, 1.82) is 0 Å². The fourth-order valence-electron chi connectivity index (χ4n) is 1.66. The van der Waals surface area contributed by atoms with Crippen LogP contribution >= 0.6 is 11.3 Å². The Hall–Kier alpha value is -2.14. The number of ketones is 1. The van der Waals surface area contributed by atoms with E-state index >= 15 is 0 Å². The summed E-state index contributed by atoms with van der Waals surface area (Å²) in [4.78, 5) is 23.4. The van der Waals surface area contributed by atoms with Crippen LogP contribution in [0.25, 0.3) is 0 Å². The van der Waals surface area contributed by atoms with E-state index in [0.717, 1.165) is 11.3 Å². The number of carboxylic acids is 1. The lowest BCUT2D eigenvalue weighted by Crippen LogP contribution is -2.07. The Kier molecular flexibility index (Phi) is 3.66. The van der Waals surface area contributed by atoms with Gasteiger partial charge in [-0.3, -0.25) is 9.59 Å². The molecule has 0 radical (unpaired) electrons. The number of thiophene rings is 1. The third-order valence-corrected chi connectivity index (χ3v) is 3.75. The van der Waals surface area contributed by atoms with Crippen LogP contribution in [0.2, 0.25) is 0 Å². The van der Waals surface area contributed by atoms with E-state index in [1.54, 1.807) is 37.3 Å². The number of hydrogen-bond donors (Lipinski definition) is 2. The molecule has 0 bridgehead atoms. The number of carboxylic acid groups (broad SMARTS) is 1. The highest BCUT2D eigenvalue weighted by Gasteiger charge is 2.15. The smallest absolute Gasteiger partial charge is 0.310 e. The maximum atomic E-state index is 12.1. The highest BCUT2D eigenvalue weighted by molar-refractivity contribution is 7.15. The Morgan fingerprint density at radius 3 is 2.21 bits per heavy atom. The van der Waals surface area contributed by atoms with Gasteiger partial charge >= 0.3 is 5.97 Å². The van der Waals surface area contributed by atoms with Crippen molar-refractivity contribution in [1.82, 2.24) is 0 Å². The van der Waals surface area contributed by atoms with E-state index in [1.807, 2.05) is 0 Å². The van der Waals surface area contributed by atoms with Crippen LogP contribution in [0.4, 0.5) is 0 Å². The van der Waals surface area contributed by atoms with Gasteiger partial charge in [0, 0.05) is 5.56 Å². The topological polar surface area (TPSA) is 74.6 Å². The molecule has 1 aromatic carbocycles. The van der Waals surface area contributed by atoms with Gasteiger partial charge in [0.2, 0.25) is 5.78 Å². The van der Waals surface area contributed by atoms with Gasteiger partial charge in [-0.1, -0.05) is 35.6 Å². The minimum Gasteiger partial charge on any atom is -0.499 e. The van der Waals surface area contributed by atoms with Crippen molar-refractivity contribution >= 4 is 23.1 Å². The van der Waals surface area contributed by atoms with E-state index in [1.165, 1.54) is 6.07 Å². The molecule has 98 valence electrons. The molecular formula is C14H12O4S. The molecule has 0 aliphatic heterocycles. The van der Waals surface area contributed by atoms with Crippen LogP contribution in [0.5, 0.6) is 5.06 Å². The van der Waals surface area contributed by atoms with Gasteiger partial charge in [0.1, 0.15) is 0 Å². The van der Waals surface area contributed by atoms with Crippen LogP contribution in [0.1, 0.15) is 33.6 Å². The molecule has 0 aliphatic rings. The van der Waals surface area contributed by atoms with Crippen molar-refractivity contribution in [3.8, 4) is 5.06 Å². The van der Waals surface area contributed by atoms with Crippen molar-refractivity contribution in [3.63, 3.8) is 0 Å². The van der Waals surface area contributed by atoms with Crippen molar-refractivity contribution in [2.45, 2.75) is 12.8 Å². The zero-order valence-electron chi connectivity index (χ0n) is 10.2. The SMILES string of the molecule is CC(C(=O)O)c1ccc(C(=O)c2ccc(O)s2)cc1. The monoisotopic (exact) mass is 276 g/mol. The molecule has 0 aliphatic carbocycles. The normalized spacial score (nSPS) is 12.1. The fraction of sp³-hybridized carbons (Fsp3) is 0.143. The molecule has 2 N–H and O–H groups in total. The first kappa shape index (κ1) is 13.3. The molecule has 0 spiro atoms. The highest BCUT2D eigenvalue weighted by Crippen LogP contribution is 2.25. The maximum Gasteiger partial charge on any atom is 0.310 e. The summed E-state index contributed by atoms with van der Waals surface area (Å²) in [6.45, 7) is 1.59. The molecular weight excluding hydrogens is 264 g/mol. The standard InChI is InChI=1S/C14H12O4S/c1-8(14(17)18)9-2-4-10(5-3-9)13(16)11-6-7-12(15)19-11/h2-8,15H,1H3,(H,17,18). The Morgan fingerprint density at radius 2 is 1.74 bits per heavy atom. The van der Waals surface area contributed by atoms with Crippen molar-refractivity contribution < 1.29 is 19.8 Å². The number of benzene rings is 1. The number of aliphatic carboxylic acids is 1. The van der Waals surface area contributed by atoms with Gasteiger partial charge in [-0.2, -0.15) is 0 Å². The molecule has 1 heterocycles. The van der Waals surface area contributed by atoms with E-state index in [0.29, 0.717) is 16.0 Å². The zero-order chi connectivity index (χ0) is 14.0. The Balaban J connectivity index is 2.23. The minimum atomic E-state index is -0.901. The lowest BCUT2D eigenvalue weighted by Gasteiger charge is -2.06. The first-order valence-electron chi connectivity index (χ1n) is 5.65. The molecule has 0 saturated carbocycles. The van der Waals surface area contributed by atoms with Gasteiger partial charge in [0.15, 0.2) is 5.06 Å². The zero-order valence-corrected chi connectivity index (χ0v) is 11.0. The summed E-state index contributed by atoms with van der Waals surface area (Å²) in [5, 5.41) is 18.2. The summed E-state index contributed by atoms with van der Waals surface area (Å²) in [6, 6.07) is 9.52. The highest BCUT2D eigenvalue weighted by atomic mass is 32.1. The largest absolute Gasteiger partial charge is 0.499 e. The Morgan fingerprint density at radius 1 is 1.11 bits per heavy atom. The second kappa shape index (κ2) is 5.24. The molecule has 2 rings (SSSR count). The number of aromatic hydroxyl groups is 1. The summed E-state index contributed by atoms with van der Waals surface area (Å²) in [6.07, 6.45) is 0. The number of carbonyl (C=O) groups is 2. The van der Waals surface area contributed by atoms with Gasteiger partial charge in [-0.25, -0.2) is 0 Å². The average Bonchev–Trinajstić information content (AvgIpc) is 2.84. The van der Waals surface area contributed by atoms with Crippen LogP contribution in [0.15, 0.2) is 36.4 Å². The van der Waals surface area contributed by atoms with E-state index in [-0.39, 0.29) is 10.8 Å². The average molecular weight is 276 g/mol. The van der Waals surface area contributed by atoms with E-state index in [9.17, 15) is 14.7 Å². The molecule has 1 atom stereocenters. The molecule has 5 heteroatoms. The molecule has 19 heavy (non-hydrogen) atoms. The molecule has 1 aromatic heterocycles. The molecule has 4 nitrogen and oxygen atoms in total. The summed E-state index contributed by atoms with van der Waals surface area (Å²) >= 11 is 1.02. The van der Waals surface area contributed by atoms with Crippen molar-refractivity contribution in [3.05, 3.63) is 52.4 Å². The van der Waals surface area contributed by atoms with Crippen molar-refractivity contribution in [2.75, 3.05) is 0 Å². The number of carbonyl (C=O) groups excluding carboxylic acids is 1. The maximum absolute atomic E-state index is 12.1. The van der Waals surface area contributed by atoms with Crippen molar-refractivity contribution in [2.24, 2.45) is 0 Å². The van der Waals surface area contributed by atoms with Gasteiger partial charge in [-0.05, 0) is 24.6 Å². The lowest BCUT2D eigenvalue weighted by molar-refractivity contribution is -0.138. The van der Waals surface area contributed by atoms with E-state index in [4.69, 9.17) is 5.11 Å². The second-order valence-corrected chi connectivity index (χ2v) is 5.21. The third-order valence-electron chi connectivity index (χ3n) is 2.86. The first-order valence-corrected chi connectivity index (χ1v) is 6.47. The fourth-order valence-corrected chi connectivity index (χ4v) is 2.37. The third kappa shape index (κ3) is 2.82. The van der Waals surface area contributed by atoms with Crippen LogP contribution in [0.3, 0.4) is 0 Å². The Labute approximate surface area is 114 Å². The predicted molar refractivity (Wildman–Crippen MR) is 71.9 cm³/mol. The first-order chi connectivity index (χ1) is 8.99. The second-order valence-electron chi connectivity index (χ2n) is 4.15. The number of rotatable bonds is 4. The Bertz CT molecular complexity index is 613. The van der Waals surface area contributed by atoms with Crippen LogP contribution in [-0.2, 0) is 4.79 Å². The lowest BCUT2D eigenvalue weighted by atomic mass is 9.99. The van der Waals surface area contributed by atoms with E-state index < -0.39 is 11.9 Å². The molecule has 0 amide bonds. The predicted octanol–water partition coefficient (Wildman–Crippen LogP) is 2.87. The quantitative estimate of drug-likeness (QED) is 0.842. The van der Waals surface area contributed by atoms with Gasteiger partial charge in [0.05, 0.1) is 10.8 Å². The van der Waals surface area contributed by atoms with Crippen LogP contribution in [0, 0.1) is 0 Å². The van der Waals surface area contributed by atoms with E-state index in [2.05, 4.69) is 0 Å².